The lowest BCUT2D eigenvalue weighted by Crippen LogP contribution is -1.79. The summed E-state index contributed by atoms with van der Waals surface area (Å²) in [7, 11) is 0. The minimum Gasteiger partial charge on any atom is -0.506 e. The summed E-state index contributed by atoms with van der Waals surface area (Å²) in [6.45, 7) is 2.03. The number of pyridine rings is 1. The number of hydrogen-bond donors (Lipinski definition) is 1. The molecular weight excluding hydrogens is 250 g/mol. The first-order valence-electron chi connectivity index (χ1n) is 6.29. The maximum atomic E-state index is 9.78. The van der Waals surface area contributed by atoms with Crippen LogP contribution in [0.2, 0.25) is 0 Å². The molecule has 0 spiro atoms. The van der Waals surface area contributed by atoms with Crippen LogP contribution >= 0.6 is 0 Å². The average Bonchev–Trinajstić information content (AvgIpc) is 2.49. The maximum Gasteiger partial charge on any atom is 0.141 e. The first kappa shape index (κ1) is 12.3. The summed E-state index contributed by atoms with van der Waals surface area (Å²) in [4.78, 5) is 4.16. The molecule has 0 radical (unpaired) electrons. The number of aryl methyl sites for hydroxylation is 1. The molecule has 1 N–H and O–H groups in total. The predicted molar refractivity (Wildman–Crippen MR) is 78.8 cm³/mol. The van der Waals surface area contributed by atoms with Gasteiger partial charge >= 0.3 is 0 Å². The molecule has 0 aliphatic heterocycles. The van der Waals surface area contributed by atoms with Crippen LogP contribution in [0.3, 0.4) is 0 Å². The van der Waals surface area contributed by atoms with Crippen LogP contribution in [0.1, 0.15) is 5.56 Å². The molecule has 98 valence electrons. The van der Waals surface area contributed by atoms with Gasteiger partial charge in [-0.25, -0.2) is 0 Å². The van der Waals surface area contributed by atoms with Crippen LogP contribution in [0.4, 0.5) is 11.4 Å². The second-order valence-corrected chi connectivity index (χ2v) is 4.54. The number of hydrogen-bond acceptors (Lipinski definition) is 4. The Kier molecular flexibility index (Phi) is 3.13. The zero-order chi connectivity index (χ0) is 13.9. The molecule has 20 heavy (non-hydrogen) atoms. The molecule has 0 saturated carbocycles. The quantitative estimate of drug-likeness (QED) is 0.683. The van der Waals surface area contributed by atoms with Crippen molar-refractivity contribution in [3.63, 3.8) is 0 Å². The van der Waals surface area contributed by atoms with Crippen LogP contribution in [0, 0.1) is 6.92 Å². The maximum absolute atomic E-state index is 9.78. The fourth-order valence-corrected chi connectivity index (χ4v) is 1.95. The molecule has 0 bridgehead atoms. The van der Waals surface area contributed by atoms with E-state index in [0.717, 1.165) is 11.1 Å². The van der Waals surface area contributed by atoms with Crippen molar-refractivity contribution in [3.8, 4) is 5.75 Å². The molecule has 0 saturated heterocycles. The molecule has 1 aromatic heterocycles. The molecule has 0 unspecified atom stereocenters. The second-order valence-electron chi connectivity index (χ2n) is 4.54. The minimum atomic E-state index is 0.148. The van der Waals surface area contributed by atoms with Crippen molar-refractivity contribution in [2.45, 2.75) is 6.92 Å². The third kappa shape index (κ3) is 2.36. The van der Waals surface area contributed by atoms with Crippen LogP contribution < -0.4 is 0 Å². The summed E-state index contributed by atoms with van der Waals surface area (Å²) in [5.41, 5.74) is 3.20. The van der Waals surface area contributed by atoms with Crippen LogP contribution in [-0.4, -0.2) is 10.1 Å². The lowest BCUT2D eigenvalue weighted by Gasteiger charge is -2.02. The normalized spacial score (nSPS) is 11.2. The first-order valence-corrected chi connectivity index (χ1v) is 6.29. The molecule has 1 heterocycles. The van der Waals surface area contributed by atoms with E-state index in [1.165, 1.54) is 5.56 Å². The highest BCUT2D eigenvalue weighted by Crippen LogP contribution is 2.31. The van der Waals surface area contributed by atoms with Gasteiger partial charge in [-0.05, 0) is 43.3 Å². The number of phenols is 1. The number of azo groups is 1. The van der Waals surface area contributed by atoms with E-state index in [-0.39, 0.29) is 5.75 Å². The van der Waals surface area contributed by atoms with E-state index < -0.39 is 0 Å². The molecule has 0 fully saturated rings. The summed E-state index contributed by atoms with van der Waals surface area (Å²) in [6, 6.07) is 14.8. The Morgan fingerprint density at radius 3 is 2.55 bits per heavy atom. The summed E-state index contributed by atoms with van der Waals surface area (Å²) in [5, 5.41) is 19.0. The van der Waals surface area contributed by atoms with Gasteiger partial charge in [-0.15, -0.1) is 5.11 Å². The molecule has 2 aromatic carbocycles. The number of fused-ring (bicyclic) bond motifs is 1. The van der Waals surface area contributed by atoms with Gasteiger partial charge in [0, 0.05) is 11.6 Å². The topological polar surface area (TPSA) is 57.8 Å². The van der Waals surface area contributed by atoms with E-state index in [0.29, 0.717) is 11.2 Å². The number of benzene rings is 2. The Balaban J connectivity index is 2.03. The Morgan fingerprint density at radius 1 is 0.950 bits per heavy atom. The van der Waals surface area contributed by atoms with Crippen molar-refractivity contribution in [1.29, 1.82) is 0 Å². The Labute approximate surface area is 116 Å². The van der Waals surface area contributed by atoms with Crippen LogP contribution in [0.25, 0.3) is 10.9 Å². The monoisotopic (exact) mass is 263 g/mol. The van der Waals surface area contributed by atoms with E-state index in [2.05, 4.69) is 15.2 Å². The lowest BCUT2D eigenvalue weighted by molar-refractivity contribution is 0.480. The summed E-state index contributed by atoms with van der Waals surface area (Å²) < 4.78 is 0. The van der Waals surface area contributed by atoms with Crippen LogP contribution in [-0.2, 0) is 0 Å². The number of rotatable bonds is 2. The number of aromatic nitrogens is 1. The Hall–Kier alpha value is -2.75. The summed E-state index contributed by atoms with van der Waals surface area (Å²) in [6.07, 6.45) is 1.64. The van der Waals surface area contributed by atoms with Crippen LogP contribution in [0.15, 0.2) is 65.0 Å². The predicted octanol–water partition coefficient (Wildman–Crippen LogP) is 4.66. The molecule has 4 nitrogen and oxygen atoms in total. The van der Waals surface area contributed by atoms with Crippen LogP contribution in [0.5, 0.6) is 5.75 Å². The van der Waals surface area contributed by atoms with Crippen molar-refractivity contribution < 1.29 is 5.11 Å². The van der Waals surface area contributed by atoms with Gasteiger partial charge in [-0.2, -0.15) is 5.11 Å². The summed E-state index contributed by atoms with van der Waals surface area (Å²) >= 11 is 0. The molecule has 0 atom stereocenters. The highest BCUT2D eigenvalue weighted by atomic mass is 16.3. The van der Waals surface area contributed by atoms with Crippen molar-refractivity contribution in [2.75, 3.05) is 0 Å². The van der Waals surface area contributed by atoms with E-state index >= 15 is 0 Å². The molecular formula is C16H13N3O. The van der Waals surface area contributed by atoms with E-state index in [9.17, 15) is 5.11 Å². The van der Waals surface area contributed by atoms with Gasteiger partial charge in [0.2, 0.25) is 0 Å². The Morgan fingerprint density at radius 2 is 1.75 bits per heavy atom. The third-order valence-corrected chi connectivity index (χ3v) is 3.03. The lowest BCUT2D eigenvalue weighted by atomic mass is 10.2. The van der Waals surface area contributed by atoms with E-state index in [1.807, 2.05) is 43.3 Å². The molecule has 3 rings (SSSR count). The number of phenolic OH excluding ortho intramolecular Hbond substituents is 1. The fourth-order valence-electron chi connectivity index (χ4n) is 1.95. The zero-order valence-electron chi connectivity index (χ0n) is 11.0. The largest absolute Gasteiger partial charge is 0.506 e. The summed E-state index contributed by atoms with van der Waals surface area (Å²) in [5.74, 6) is 0.148. The van der Waals surface area contributed by atoms with Gasteiger partial charge in [0.05, 0.1) is 11.4 Å². The highest BCUT2D eigenvalue weighted by Gasteiger charge is 2.05. The fraction of sp³-hybridized carbons (Fsp3) is 0.0625. The Bertz CT molecular complexity index is 779. The third-order valence-electron chi connectivity index (χ3n) is 3.03. The van der Waals surface area contributed by atoms with Crippen molar-refractivity contribution in [1.82, 2.24) is 4.98 Å². The molecule has 4 heteroatoms. The average molecular weight is 263 g/mol. The van der Waals surface area contributed by atoms with Gasteiger partial charge in [-0.1, -0.05) is 17.7 Å². The SMILES string of the molecule is Cc1ccc(/N=N/c2ccc(O)c3ncccc23)cc1. The van der Waals surface area contributed by atoms with Gasteiger partial charge < -0.3 is 5.11 Å². The van der Waals surface area contributed by atoms with Gasteiger partial charge in [0.1, 0.15) is 11.3 Å². The van der Waals surface area contributed by atoms with Crippen molar-refractivity contribution >= 4 is 22.3 Å². The molecule has 0 amide bonds. The minimum absolute atomic E-state index is 0.148. The number of nitrogens with zero attached hydrogens (tertiary/aromatic N) is 3. The highest BCUT2D eigenvalue weighted by molar-refractivity contribution is 5.93. The molecule has 3 aromatic rings. The van der Waals surface area contributed by atoms with E-state index in [4.69, 9.17) is 0 Å². The first-order chi connectivity index (χ1) is 9.74. The number of aromatic hydroxyl groups is 1. The van der Waals surface area contributed by atoms with E-state index in [1.54, 1.807) is 18.3 Å². The second kappa shape index (κ2) is 5.09. The van der Waals surface area contributed by atoms with Crippen molar-refractivity contribution in [2.24, 2.45) is 10.2 Å². The van der Waals surface area contributed by atoms with Crippen molar-refractivity contribution in [3.05, 3.63) is 60.3 Å². The standard InChI is InChI=1S/C16H13N3O/c1-11-4-6-12(7-5-11)18-19-14-8-9-15(20)16-13(14)3-2-10-17-16/h2-10,20H,1H3/b19-18+. The molecule has 0 aliphatic carbocycles. The van der Waals surface area contributed by atoms with Gasteiger partial charge in [-0.3, -0.25) is 4.98 Å². The smallest absolute Gasteiger partial charge is 0.141 e. The van der Waals surface area contributed by atoms with Gasteiger partial charge in [0.25, 0.3) is 0 Å². The van der Waals surface area contributed by atoms with Gasteiger partial charge in [0.15, 0.2) is 0 Å². The zero-order valence-corrected chi connectivity index (χ0v) is 11.0. The molecule has 0 aliphatic rings.